The summed E-state index contributed by atoms with van der Waals surface area (Å²) in [6.07, 6.45) is -1.28. The number of sulfonamides is 1. The van der Waals surface area contributed by atoms with E-state index in [-0.39, 0.29) is 18.0 Å². The van der Waals surface area contributed by atoms with Crippen molar-refractivity contribution in [1.29, 1.82) is 0 Å². The number of nitrogens with one attached hydrogen (secondary N) is 1. The van der Waals surface area contributed by atoms with E-state index in [1.807, 2.05) is 0 Å². The van der Waals surface area contributed by atoms with Gasteiger partial charge in [0.15, 0.2) is 0 Å². The summed E-state index contributed by atoms with van der Waals surface area (Å²) in [5.41, 5.74) is 1.25. The number of aryl methyl sites for hydroxylation is 1. The molecule has 0 saturated carbocycles. The molecule has 6 nitrogen and oxygen atoms in total. The first kappa shape index (κ1) is 18.6. The molecule has 0 bridgehead atoms. The quantitative estimate of drug-likeness (QED) is 0.839. The third kappa shape index (κ3) is 3.98. The molecule has 1 aliphatic heterocycles. The van der Waals surface area contributed by atoms with Crippen LogP contribution >= 0.6 is 11.6 Å². The molecule has 0 aliphatic carbocycles. The SMILES string of the molecule is Cc1ccc(S(=O)(=O)NCC2CN(c3ccc(F)cc3)C(=O)O2)cc1Cl. The van der Waals surface area contributed by atoms with Gasteiger partial charge in [-0.25, -0.2) is 22.3 Å². The molecule has 26 heavy (non-hydrogen) atoms. The van der Waals surface area contributed by atoms with Gasteiger partial charge < -0.3 is 4.74 Å². The molecule has 2 aromatic carbocycles. The van der Waals surface area contributed by atoms with Crippen molar-refractivity contribution in [3.63, 3.8) is 0 Å². The van der Waals surface area contributed by atoms with Gasteiger partial charge in [0.2, 0.25) is 10.0 Å². The topological polar surface area (TPSA) is 75.7 Å². The third-order valence-corrected chi connectivity index (χ3v) is 5.80. The number of carbonyl (C=O) groups excluding carboxylic acids is 1. The lowest BCUT2D eigenvalue weighted by Crippen LogP contribution is -2.34. The Hall–Kier alpha value is -2.16. The standard InChI is InChI=1S/C17H16ClFN2O4S/c1-11-2-7-15(8-16(11)18)26(23,24)20-9-14-10-21(17(22)25-14)13-5-3-12(19)4-6-13/h2-8,14,20H,9-10H2,1H3. The monoisotopic (exact) mass is 398 g/mol. The van der Waals surface area contributed by atoms with Crippen molar-refractivity contribution in [2.24, 2.45) is 0 Å². The number of halogens is 2. The van der Waals surface area contributed by atoms with Crippen molar-refractivity contribution < 1.29 is 22.3 Å². The highest BCUT2D eigenvalue weighted by atomic mass is 35.5. The normalized spacial score (nSPS) is 17.4. The van der Waals surface area contributed by atoms with Crippen molar-refractivity contribution in [2.75, 3.05) is 18.0 Å². The number of amides is 1. The maximum Gasteiger partial charge on any atom is 0.414 e. The summed E-state index contributed by atoms with van der Waals surface area (Å²) in [6, 6.07) is 9.82. The van der Waals surface area contributed by atoms with Crippen LogP contribution in [-0.2, 0) is 14.8 Å². The minimum Gasteiger partial charge on any atom is -0.443 e. The van der Waals surface area contributed by atoms with E-state index in [1.165, 1.54) is 41.3 Å². The van der Waals surface area contributed by atoms with E-state index < -0.39 is 28.0 Å². The Labute approximate surface area is 155 Å². The highest BCUT2D eigenvalue weighted by Gasteiger charge is 2.33. The molecule has 1 aliphatic rings. The van der Waals surface area contributed by atoms with E-state index in [4.69, 9.17) is 16.3 Å². The minimum absolute atomic E-state index is 0.0350. The molecule has 1 amide bonds. The van der Waals surface area contributed by atoms with Gasteiger partial charge in [0.25, 0.3) is 0 Å². The van der Waals surface area contributed by atoms with Crippen LogP contribution in [0.15, 0.2) is 47.4 Å². The zero-order valence-corrected chi connectivity index (χ0v) is 15.3. The summed E-state index contributed by atoms with van der Waals surface area (Å²) in [4.78, 5) is 13.3. The second kappa shape index (κ2) is 7.22. The predicted octanol–water partition coefficient (Wildman–Crippen LogP) is 3.09. The van der Waals surface area contributed by atoms with E-state index in [0.29, 0.717) is 10.7 Å². The number of rotatable bonds is 5. The molecule has 1 saturated heterocycles. The van der Waals surface area contributed by atoms with E-state index in [0.717, 1.165) is 5.56 Å². The Morgan fingerprint density at radius 2 is 1.96 bits per heavy atom. The number of carbonyl (C=O) groups is 1. The van der Waals surface area contributed by atoms with Crippen LogP contribution in [0.2, 0.25) is 5.02 Å². The first-order valence-corrected chi connectivity index (χ1v) is 9.62. The fraction of sp³-hybridized carbons (Fsp3) is 0.235. The summed E-state index contributed by atoms with van der Waals surface area (Å²) in [5.74, 6) is -0.414. The van der Waals surface area contributed by atoms with Gasteiger partial charge in [-0.15, -0.1) is 0 Å². The molecule has 0 spiro atoms. The lowest BCUT2D eigenvalue weighted by molar-refractivity contribution is 0.143. The van der Waals surface area contributed by atoms with E-state index in [1.54, 1.807) is 13.0 Å². The third-order valence-electron chi connectivity index (χ3n) is 3.97. The molecule has 1 unspecified atom stereocenters. The van der Waals surface area contributed by atoms with Gasteiger partial charge in [-0.3, -0.25) is 4.90 Å². The van der Waals surface area contributed by atoms with Crippen LogP contribution in [0.3, 0.4) is 0 Å². The number of ether oxygens (including phenoxy) is 1. The van der Waals surface area contributed by atoms with Gasteiger partial charge in [0.1, 0.15) is 11.9 Å². The number of nitrogens with zero attached hydrogens (tertiary/aromatic N) is 1. The van der Waals surface area contributed by atoms with Crippen molar-refractivity contribution in [2.45, 2.75) is 17.9 Å². The van der Waals surface area contributed by atoms with Crippen molar-refractivity contribution in [1.82, 2.24) is 4.72 Å². The second-order valence-electron chi connectivity index (χ2n) is 5.86. The molecule has 1 fully saturated rings. The molecule has 1 heterocycles. The number of benzene rings is 2. The smallest absolute Gasteiger partial charge is 0.414 e. The van der Waals surface area contributed by atoms with E-state index in [9.17, 15) is 17.6 Å². The first-order chi connectivity index (χ1) is 12.3. The van der Waals surface area contributed by atoms with Gasteiger partial charge >= 0.3 is 6.09 Å². The molecular formula is C17H16ClFN2O4S. The summed E-state index contributed by atoms with van der Waals surface area (Å²) < 4.78 is 45.3. The largest absolute Gasteiger partial charge is 0.443 e. The van der Waals surface area contributed by atoms with Gasteiger partial charge in [-0.1, -0.05) is 17.7 Å². The van der Waals surface area contributed by atoms with Crippen LogP contribution < -0.4 is 9.62 Å². The van der Waals surface area contributed by atoms with Crippen molar-refractivity contribution in [3.8, 4) is 0 Å². The Bertz CT molecular complexity index is 934. The zero-order chi connectivity index (χ0) is 18.9. The summed E-state index contributed by atoms with van der Waals surface area (Å²) in [6.45, 7) is 1.84. The highest BCUT2D eigenvalue weighted by molar-refractivity contribution is 7.89. The van der Waals surface area contributed by atoms with Gasteiger partial charge in [-0.2, -0.15) is 0 Å². The second-order valence-corrected chi connectivity index (χ2v) is 8.03. The Morgan fingerprint density at radius 3 is 2.62 bits per heavy atom. The predicted molar refractivity (Wildman–Crippen MR) is 95.4 cm³/mol. The number of cyclic esters (lactones) is 1. The first-order valence-electron chi connectivity index (χ1n) is 7.76. The number of hydrogen-bond donors (Lipinski definition) is 1. The van der Waals surface area contributed by atoms with E-state index >= 15 is 0 Å². The fourth-order valence-electron chi connectivity index (χ4n) is 2.49. The van der Waals surface area contributed by atoms with Crippen molar-refractivity contribution in [3.05, 3.63) is 58.9 Å². The average molecular weight is 399 g/mol. The minimum atomic E-state index is -3.79. The van der Waals surface area contributed by atoms with E-state index in [2.05, 4.69) is 4.72 Å². The molecule has 0 aromatic heterocycles. The maximum atomic E-state index is 13.0. The lowest BCUT2D eigenvalue weighted by atomic mass is 10.2. The molecule has 2 aromatic rings. The van der Waals surface area contributed by atoms with Gasteiger partial charge in [0, 0.05) is 17.3 Å². The van der Waals surface area contributed by atoms with Crippen LogP contribution in [0.4, 0.5) is 14.9 Å². The fourth-order valence-corrected chi connectivity index (χ4v) is 3.82. The average Bonchev–Trinajstić information content (AvgIpc) is 2.97. The van der Waals surface area contributed by atoms with Crippen molar-refractivity contribution >= 4 is 33.4 Å². The highest BCUT2D eigenvalue weighted by Crippen LogP contribution is 2.23. The summed E-state index contributed by atoms with van der Waals surface area (Å²) >= 11 is 5.97. The molecule has 9 heteroatoms. The zero-order valence-electron chi connectivity index (χ0n) is 13.8. The maximum absolute atomic E-state index is 13.0. The number of hydrogen-bond acceptors (Lipinski definition) is 4. The van der Waals surface area contributed by atoms with Gasteiger partial charge in [-0.05, 0) is 48.9 Å². The summed E-state index contributed by atoms with van der Waals surface area (Å²) in [7, 11) is -3.79. The Morgan fingerprint density at radius 1 is 1.27 bits per heavy atom. The van der Waals surface area contributed by atoms with Gasteiger partial charge in [0.05, 0.1) is 11.4 Å². The molecule has 0 radical (unpaired) electrons. The molecule has 1 atom stereocenters. The molecule has 1 N–H and O–H groups in total. The Kier molecular flexibility index (Phi) is 5.17. The van der Waals surface area contributed by atoms with Crippen LogP contribution in [-0.4, -0.2) is 33.7 Å². The van der Waals surface area contributed by atoms with Crippen LogP contribution in [0.25, 0.3) is 0 Å². The van der Waals surface area contributed by atoms with Crippen LogP contribution in [0.5, 0.6) is 0 Å². The lowest BCUT2D eigenvalue weighted by Gasteiger charge is -2.13. The molecule has 138 valence electrons. The van der Waals surface area contributed by atoms with Crippen LogP contribution in [0, 0.1) is 12.7 Å². The molecule has 3 rings (SSSR count). The summed E-state index contributed by atoms with van der Waals surface area (Å²) in [5, 5.41) is 0.350. The Balaban J connectivity index is 1.65. The molecular weight excluding hydrogens is 383 g/mol. The number of anilines is 1. The van der Waals surface area contributed by atoms with Crippen LogP contribution in [0.1, 0.15) is 5.56 Å².